The number of hydrogen-bond acceptors (Lipinski definition) is 5. The molecule has 0 spiro atoms. The summed E-state index contributed by atoms with van der Waals surface area (Å²) in [5, 5.41) is 11.3. The molecule has 0 heterocycles. The number of phenols is 1. The third-order valence-electron chi connectivity index (χ3n) is 3.08. The van der Waals surface area contributed by atoms with Gasteiger partial charge in [0, 0.05) is 0 Å². The van der Waals surface area contributed by atoms with E-state index < -0.39 is 34.8 Å². The van der Waals surface area contributed by atoms with Crippen LogP contribution in [-0.2, 0) is 9.53 Å². The first-order valence-corrected chi connectivity index (χ1v) is 9.10. The van der Waals surface area contributed by atoms with Gasteiger partial charge in [-0.15, -0.1) is 0 Å². The van der Waals surface area contributed by atoms with Gasteiger partial charge in [0.1, 0.15) is 20.7 Å². The molecule has 2 aromatic carbocycles. The summed E-state index contributed by atoms with van der Waals surface area (Å²) in [6.07, 6.45) is -0.0925. The summed E-state index contributed by atoms with van der Waals surface area (Å²) in [5.41, 5.74) is 0. The van der Waals surface area contributed by atoms with Crippen LogP contribution in [0.3, 0.4) is 0 Å². The van der Waals surface area contributed by atoms with Crippen molar-refractivity contribution in [1.82, 2.24) is 5.09 Å². The Kier molecular flexibility index (Phi) is 9.77. The second kappa shape index (κ2) is 11.5. The van der Waals surface area contributed by atoms with Crippen LogP contribution in [0.4, 0.5) is 22.0 Å². The van der Waals surface area contributed by atoms with E-state index in [0.717, 1.165) is 5.75 Å². The molecular formula is C18H19F5NO4P. The number of nitrogens with one attached hydrogen (secondary N) is 1. The van der Waals surface area contributed by atoms with Crippen molar-refractivity contribution in [3.05, 3.63) is 59.4 Å². The van der Waals surface area contributed by atoms with Crippen LogP contribution in [0.1, 0.15) is 20.8 Å². The van der Waals surface area contributed by atoms with E-state index in [1.807, 2.05) is 44.2 Å². The molecule has 11 heteroatoms. The number of para-hydroxylation sites is 1. The average Bonchev–Trinajstić information content (AvgIpc) is 2.70. The van der Waals surface area contributed by atoms with Crippen molar-refractivity contribution in [2.24, 2.45) is 0 Å². The predicted octanol–water partition coefficient (Wildman–Crippen LogP) is 4.59. The number of phenolic OH excluding ortho intramolecular Hbond substituents is 1. The summed E-state index contributed by atoms with van der Waals surface area (Å²) < 4.78 is 71.1. The fourth-order valence-corrected chi connectivity index (χ4v) is 2.26. The molecule has 2 N–H and O–H groups in total. The lowest BCUT2D eigenvalue weighted by atomic mass is 10.3. The third kappa shape index (κ3) is 7.47. The zero-order chi connectivity index (χ0) is 22.1. The molecule has 0 radical (unpaired) electrons. The van der Waals surface area contributed by atoms with Gasteiger partial charge in [0.25, 0.3) is 0 Å². The minimum Gasteiger partial charge on any atom is -0.503 e. The van der Waals surface area contributed by atoms with Crippen LogP contribution < -0.4 is 9.61 Å². The minimum atomic E-state index is -2.29. The van der Waals surface area contributed by atoms with Crippen LogP contribution in [0.15, 0.2) is 30.3 Å². The molecule has 0 bridgehead atoms. The van der Waals surface area contributed by atoms with Gasteiger partial charge in [0.05, 0.1) is 6.10 Å². The topological polar surface area (TPSA) is 67.8 Å². The third-order valence-corrected chi connectivity index (χ3v) is 3.97. The van der Waals surface area contributed by atoms with E-state index in [0.29, 0.717) is 0 Å². The highest BCUT2D eigenvalue weighted by Crippen LogP contribution is 2.27. The molecule has 0 aliphatic carbocycles. The summed E-state index contributed by atoms with van der Waals surface area (Å²) in [4.78, 5) is 11.5. The Balaban J connectivity index is 0.000000308. The summed E-state index contributed by atoms with van der Waals surface area (Å²) in [5.74, 6) is -12.4. The number of aromatic hydroxyl groups is 1. The van der Waals surface area contributed by atoms with Crippen LogP contribution in [0.5, 0.6) is 11.5 Å². The fraction of sp³-hybridized carbons (Fsp3) is 0.278. The summed E-state index contributed by atoms with van der Waals surface area (Å²) in [7, 11) is 0.0285. The number of benzene rings is 2. The van der Waals surface area contributed by atoms with Crippen LogP contribution in [-0.4, -0.2) is 23.2 Å². The summed E-state index contributed by atoms with van der Waals surface area (Å²) in [6.45, 7) is 5.41. The number of esters is 1. The maximum Gasteiger partial charge on any atom is 0.323 e. The lowest BCUT2D eigenvalue weighted by molar-refractivity contribution is -0.148. The monoisotopic (exact) mass is 439 g/mol. The van der Waals surface area contributed by atoms with Crippen molar-refractivity contribution < 1.29 is 41.1 Å². The molecule has 2 rings (SSSR count). The molecule has 0 aromatic heterocycles. The summed E-state index contributed by atoms with van der Waals surface area (Å²) >= 11 is 0. The molecule has 0 aliphatic rings. The average molecular weight is 439 g/mol. The minimum absolute atomic E-state index is 0.0285. The molecule has 2 unspecified atom stereocenters. The van der Waals surface area contributed by atoms with Gasteiger partial charge >= 0.3 is 5.97 Å². The molecule has 160 valence electrons. The highest BCUT2D eigenvalue weighted by Gasteiger charge is 2.25. The summed E-state index contributed by atoms with van der Waals surface area (Å²) in [6, 6.07) is 9.09. The normalized spacial score (nSPS) is 11.9. The number of carbonyl (C=O) groups is 1. The largest absolute Gasteiger partial charge is 0.503 e. The van der Waals surface area contributed by atoms with E-state index in [1.54, 1.807) is 6.92 Å². The van der Waals surface area contributed by atoms with E-state index in [1.165, 1.54) is 0 Å². The highest BCUT2D eigenvalue weighted by atomic mass is 31.1. The van der Waals surface area contributed by atoms with Gasteiger partial charge < -0.3 is 14.4 Å². The Morgan fingerprint density at radius 3 is 1.90 bits per heavy atom. The molecule has 0 fully saturated rings. The highest BCUT2D eigenvalue weighted by molar-refractivity contribution is 7.30. The number of carbonyl (C=O) groups excluding carboxylic acids is 1. The molecule has 2 atom stereocenters. The van der Waals surface area contributed by atoms with Crippen LogP contribution in [0.2, 0.25) is 0 Å². The number of ether oxygens (including phenoxy) is 1. The van der Waals surface area contributed by atoms with E-state index in [9.17, 15) is 26.7 Å². The Bertz CT molecular complexity index is 719. The van der Waals surface area contributed by atoms with Crippen LogP contribution in [0, 0.1) is 29.1 Å². The number of hydrogen-bond donors (Lipinski definition) is 2. The van der Waals surface area contributed by atoms with Gasteiger partial charge in [-0.2, -0.15) is 8.78 Å². The fourth-order valence-electron chi connectivity index (χ4n) is 1.65. The van der Waals surface area contributed by atoms with Crippen molar-refractivity contribution in [3.63, 3.8) is 0 Å². The van der Waals surface area contributed by atoms with Gasteiger partial charge in [-0.1, -0.05) is 18.2 Å². The predicted molar refractivity (Wildman–Crippen MR) is 97.1 cm³/mol. The van der Waals surface area contributed by atoms with Gasteiger partial charge in [-0.25, -0.2) is 13.2 Å². The lowest BCUT2D eigenvalue weighted by Gasteiger charge is -2.15. The van der Waals surface area contributed by atoms with E-state index >= 15 is 0 Å². The number of rotatable bonds is 6. The van der Waals surface area contributed by atoms with Crippen molar-refractivity contribution in [3.8, 4) is 11.5 Å². The standard InChI is InChI=1S/C12H18NO3P.C6HF5O/c1-9(2)15-12(14)10(3)13-17-16-11-7-5-4-6-8-11;7-1-2(8)4(10)6(12)5(11)3(1)9/h4-10,13,17H,1-3H3;12H. The lowest BCUT2D eigenvalue weighted by Crippen LogP contribution is -2.32. The molecule has 0 saturated carbocycles. The quantitative estimate of drug-likeness (QED) is 0.227. The Morgan fingerprint density at radius 2 is 1.41 bits per heavy atom. The van der Waals surface area contributed by atoms with Crippen molar-refractivity contribution >= 4 is 14.9 Å². The van der Waals surface area contributed by atoms with E-state index in [2.05, 4.69) is 5.09 Å². The first-order chi connectivity index (χ1) is 13.6. The molecular weight excluding hydrogens is 420 g/mol. The van der Waals surface area contributed by atoms with Crippen molar-refractivity contribution in [2.75, 3.05) is 0 Å². The second-order valence-corrected chi connectivity index (χ2v) is 6.48. The van der Waals surface area contributed by atoms with Gasteiger partial charge in [0.15, 0.2) is 5.75 Å². The zero-order valence-corrected chi connectivity index (χ0v) is 16.6. The molecule has 5 nitrogen and oxygen atoms in total. The van der Waals surface area contributed by atoms with Gasteiger partial charge in [-0.05, 0) is 32.9 Å². The molecule has 29 heavy (non-hydrogen) atoms. The smallest absolute Gasteiger partial charge is 0.323 e. The first-order valence-electron chi connectivity index (χ1n) is 8.19. The van der Waals surface area contributed by atoms with Gasteiger partial charge in [0.2, 0.25) is 29.1 Å². The van der Waals surface area contributed by atoms with Crippen LogP contribution >= 0.6 is 8.96 Å². The molecule has 0 aliphatic heterocycles. The van der Waals surface area contributed by atoms with E-state index in [-0.39, 0.29) is 27.1 Å². The maximum atomic E-state index is 12.2. The van der Waals surface area contributed by atoms with Crippen molar-refractivity contribution in [2.45, 2.75) is 32.9 Å². The first kappa shape index (κ1) is 24.6. The Hall–Kier alpha value is -2.45. The van der Waals surface area contributed by atoms with Crippen molar-refractivity contribution in [1.29, 1.82) is 0 Å². The Labute approximate surface area is 165 Å². The molecule has 2 aromatic rings. The SMILES string of the molecule is CC(C)OC(=O)C(C)NPOc1ccccc1.Oc1c(F)c(F)c(F)c(F)c1F. The van der Waals surface area contributed by atoms with Gasteiger partial charge in [-0.3, -0.25) is 9.88 Å². The maximum absolute atomic E-state index is 12.2. The molecule has 0 amide bonds. The number of halogens is 5. The zero-order valence-electron chi connectivity index (χ0n) is 15.6. The Morgan fingerprint density at radius 1 is 0.931 bits per heavy atom. The van der Waals surface area contributed by atoms with Crippen LogP contribution in [0.25, 0.3) is 0 Å². The second-order valence-electron chi connectivity index (χ2n) is 5.79. The van der Waals surface area contributed by atoms with E-state index in [4.69, 9.17) is 14.4 Å². The molecule has 0 saturated heterocycles.